The molecule has 1 fully saturated rings. The molecule has 1 N–H and O–H groups in total. The summed E-state index contributed by atoms with van der Waals surface area (Å²) >= 11 is 0. The number of hydrogen-bond donors (Lipinski definition) is 1. The van der Waals surface area contributed by atoms with Crippen molar-refractivity contribution in [1.82, 2.24) is 5.23 Å². The first-order chi connectivity index (χ1) is 2.89. The first-order valence-electron chi connectivity index (χ1n) is 1.99. The molecule has 3 nitrogen and oxygen atoms in total. The zero-order valence-electron chi connectivity index (χ0n) is 3.83. The zero-order chi connectivity index (χ0) is 4.41. The van der Waals surface area contributed by atoms with Gasteiger partial charge in [0.15, 0.2) is 0 Å². The van der Waals surface area contributed by atoms with E-state index in [0.29, 0.717) is 13.2 Å². The highest BCUT2D eigenvalue weighted by atomic mass is 35.5. The van der Waals surface area contributed by atoms with Crippen LogP contribution < -0.4 is 0 Å². The molecular weight excluding hydrogens is 117 g/mol. The third-order valence-electron chi connectivity index (χ3n) is 0.734. The molecule has 44 valence electrons. The normalized spacial score (nSPS) is 21.9. The minimum atomic E-state index is 0. The SMILES string of the molecule is Cl.ON1CCCO1. The van der Waals surface area contributed by atoms with Crippen LogP contribution >= 0.6 is 12.4 Å². The highest BCUT2D eigenvalue weighted by molar-refractivity contribution is 5.85. The van der Waals surface area contributed by atoms with Gasteiger partial charge in [-0.25, -0.2) is 0 Å². The molecule has 7 heavy (non-hydrogen) atoms. The molecule has 0 aromatic heterocycles. The highest BCUT2D eigenvalue weighted by Crippen LogP contribution is 1.97. The van der Waals surface area contributed by atoms with Gasteiger partial charge in [0.25, 0.3) is 0 Å². The van der Waals surface area contributed by atoms with Gasteiger partial charge in [-0.3, -0.25) is 10.0 Å². The van der Waals surface area contributed by atoms with Crippen LogP contribution in [0.2, 0.25) is 0 Å². The minimum Gasteiger partial charge on any atom is -0.290 e. The lowest BCUT2D eigenvalue weighted by Gasteiger charge is -1.98. The van der Waals surface area contributed by atoms with Crippen LogP contribution in [0.15, 0.2) is 0 Å². The van der Waals surface area contributed by atoms with E-state index in [0.717, 1.165) is 11.6 Å². The second-order valence-corrected chi connectivity index (χ2v) is 1.26. The lowest BCUT2D eigenvalue weighted by molar-refractivity contribution is -0.307. The molecule has 0 bridgehead atoms. The predicted molar refractivity (Wildman–Crippen MR) is 26.3 cm³/mol. The first kappa shape index (κ1) is 7.17. The van der Waals surface area contributed by atoms with Gasteiger partial charge >= 0.3 is 0 Å². The summed E-state index contributed by atoms with van der Waals surface area (Å²) in [6, 6.07) is 0. The van der Waals surface area contributed by atoms with Crippen molar-refractivity contribution in [3.63, 3.8) is 0 Å². The maximum atomic E-state index is 8.34. The van der Waals surface area contributed by atoms with Crippen LogP contribution in [-0.4, -0.2) is 23.6 Å². The van der Waals surface area contributed by atoms with Crippen LogP contribution in [0.4, 0.5) is 0 Å². The molecule has 0 aliphatic carbocycles. The van der Waals surface area contributed by atoms with E-state index < -0.39 is 0 Å². The number of nitrogens with zero attached hydrogens (tertiary/aromatic N) is 1. The van der Waals surface area contributed by atoms with Crippen LogP contribution in [0.1, 0.15) is 6.42 Å². The third kappa shape index (κ3) is 2.09. The number of hydrogen-bond acceptors (Lipinski definition) is 3. The smallest absolute Gasteiger partial charge is 0.0725 e. The third-order valence-corrected chi connectivity index (χ3v) is 0.734. The van der Waals surface area contributed by atoms with E-state index in [1.807, 2.05) is 0 Å². The standard InChI is InChI=1S/C3H7NO2.ClH/c5-4-2-1-3-6-4;/h5H,1-3H2;1H. The number of halogens is 1. The molecule has 0 unspecified atom stereocenters. The van der Waals surface area contributed by atoms with E-state index in [-0.39, 0.29) is 12.4 Å². The first-order valence-corrected chi connectivity index (χ1v) is 1.99. The molecule has 0 radical (unpaired) electrons. The molecule has 0 saturated carbocycles. The maximum absolute atomic E-state index is 8.34. The monoisotopic (exact) mass is 125 g/mol. The van der Waals surface area contributed by atoms with Crippen molar-refractivity contribution in [2.24, 2.45) is 0 Å². The number of rotatable bonds is 0. The van der Waals surface area contributed by atoms with E-state index in [1.165, 1.54) is 0 Å². The van der Waals surface area contributed by atoms with Crippen LogP contribution in [0, 0.1) is 0 Å². The Morgan fingerprint density at radius 3 is 2.43 bits per heavy atom. The van der Waals surface area contributed by atoms with Crippen molar-refractivity contribution in [2.75, 3.05) is 13.2 Å². The fraction of sp³-hybridized carbons (Fsp3) is 1.00. The van der Waals surface area contributed by atoms with Gasteiger partial charge < -0.3 is 0 Å². The quantitative estimate of drug-likeness (QED) is 0.510. The lowest BCUT2D eigenvalue weighted by atomic mass is 10.5. The van der Waals surface area contributed by atoms with E-state index in [2.05, 4.69) is 4.84 Å². The molecule has 1 heterocycles. The molecule has 1 saturated heterocycles. The Bertz CT molecular complexity index is 46.2. The predicted octanol–water partition coefficient (Wildman–Crippen LogP) is 0.435. The molecule has 0 atom stereocenters. The summed E-state index contributed by atoms with van der Waals surface area (Å²) < 4.78 is 0. The van der Waals surface area contributed by atoms with E-state index in [4.69, 9.17) is 5.21 Å². The van der Waals surface area contributed by atoms with Gasteiger partial charge in [-0.15, -0.1) is 12.4 Å². The number of hydroxylamine groups is 2. The second kappa shape index (κ2) is 3.21. The van der Waals surface area contributed by atoms with Crippen molar-refractivity contribution in [2.45, 2.75) is 6.42 Å². The Kier molecular flexibility index (Phi) is 3.29. The van der Waals surface area contributed by atoms with E-state index >= 15 is 0 Å². The van der Waals surface area contributed by atoms with Gasteiger partial charge in [0.1, 0.15) is 0 Å². The molecule has 0 aromatic rings. The lowest BCUT2D eigenvalue weighted by Crippen LogP contribution is -2.10. The average molecular weight is 126 g/mol. The summed E-state index contributed by atoms with van der Waals surface area (Å²) in [6.07, 6.45) is 0.941. The molecule has 0 aromatic carbocycles. The fourth-order valence-corrected chi connectivity index (χ4v) is 0.434. The van der Waals surface area contributed by atoms with E-state index in [9.17, 15) is 0 Å². The summed E-state index contributed by atoms with van der Waals surface area (Å²) in [5, 5.41) is 9.20. The summed E-state index contributed by atoms with van der Waals surface area (Å²) in [5.41, 5.74) is 0. The van der Waals surface area contributed by atoms with Crippen molar-refractivity contribution in [3.05, 3.63) is 0 Å². The van der Waals surface area contributed by atoms with Gasteiger partial charge in [0.05, 0.1) is 13.2 Å². The Morgan fingerprint density at radius 1 is 1.57 bits per heavy atom. The van der Waals surface area contributed by atoms with Gasteiger partial charge in [-0.05, 0) is 6.42 Å². The summed E-state index contributed by atoms with van der Waals surface area (Å²) in [5.74, 6) is 0. The van der Waals surface area contributed by atoms with Gasteiger partial charge in [-0.1, -0.05) is 5.23 Å². The summed E-state index contributed by atoms with van der Waals surface area (Å²) in [4.78, 5) is 4.54. The van der Waals surface area contributed by atoms with Gasteiger partial charge in [-0.2, -0.15) is 0 Å². The van der Waals surface area contributed by atoms with Gasteiger partial charge in [0.2, 0.25) is 0 Å². The molecular formula is C3H8ClNO2. The van der Waals surface area contributed by atoms with Crippen LogP contribution in [-0.2, 0) is 4.84 Å². The van der Waals surface area contributed by atoms with Crippen molar-refractivity contribution < 1.29 is 10.0 Å². The van der Waals surface area contributed by atoms with Crippen molar-refractivity contribution in [1.29, 1.82) is 0 Å². The van der Waals surface area contributed by atoms with Crippen LogP contribution in [0.5, 0.6) is 0 Å². The minimum absolute atomic E-state index is 0. The fourth-order valence-electron chi connectivity index (χ4n) is 0.434. The Hall–Kier alpha value is 0.170. The molecule has 1 aliphatic heterocycles. The molecule has 0 spiro atoms. The Balaban J connectivity index is 0.000000360. The Labute approximate surface area is 48.2 Å². The molecule has 1 rings (SSSR count). The molecule has 4 heteroatoms. The second-order valence-electron chi connectivity index (χ2n) is 1.26. The molecule has 0 amide bonds. The van der Waals surface area contributed by atoms with E-state index in [1.54, 1.807) is 0 Å². The molecule has 1 aliphatic rings. The van der Waals surface area contributed by atoms with Crippen LogP contribution in [0.25, 0.3) is 0 Å². The Morgan fingerprint density at radius 2 is 2.29 bits per heavy atom. The summed E-state index contributed by atoms with van der Waals surface area (Å²) in [6.45, 7) is 1.32. The average Bonchev–Trinajstić information content (AvgIpc) is 1.86. The van der Waals surface area contributed by atoms with Crippen LogP contribution in [0.3, 0.4) is 0 Å². The largest absolute Gasteiger partial charge is 0.290 e. The van der Waals surface area contributed by atoms with Gasteiger partial charge in [0, 0.05) is 0 Å². The summed E-state index contributed by atoms with van der Waals surface area (Å²) in [7, 11) is 0. The van der Waals surface area contributed by atoms with Crippen molar-refractivity contribution >= 4 is 12.4 Å². The zero-order valence-corrected chi connectivity index (χ0v) is 4.65. The van der Waals surface area contributed by atoms with Crippen molar-refractivity contribution in [3.8, 4) is 0 Å². The maximum Gasteiger partial charge on any atom is 0.0725 e. The topological polar surface area (TPSA) is 32.7 Å². The highest BCUT2D eigenvalue weighted by Gasteiger charge is 2.06.